The third-order valence-electron chi connectivity index (χ3n) is 5.66. The summed E-state index contributed by atoms with van der Waals surface area (Å²) in [5.74, 6) is -3.22. The number of hydrogen-bond acceptors (Lipinski definition) is 6. The van der Waals surface area contributed by atoms with E-state index in [0.717, 1.165) is 16.7 Å². The Kier molecular flexibility index (Phi) is 7.67. The van der Waals surface area contributed by atoms with Crippen molar-refractivity contribution in [2.75, 3.05) is 0 Å². The molecule has 188 valence electrons. The van der Waals surface area contributed by atoms with Gasteiger partial charge in [-0.05, 0) is 46.5 Å². The molecule has 0 bridgehead atoms. The Morgan fingerprint density at radius 2 is 1.30 bits per heavy atom. The Morgan fingerprint density at radius 1 is 0.730 bits per heavy atom. The van der Waals surface area contributed by atoms with Gasteiger partial charge in [0.1, 0.15) is 12.4 Å². The number of aromatic carboxylic acids is 1. The zero-order valence-corrected chi connectivity index (χ0v) is 20.4. The van der Waals surface area contributed by atoms with Crippen LogP contribution in [0.1, 0.15) is 40.1 Å². The van der Waals surface area contributed by atoms with Crippen molar-refractivity contribution >= 4 is 11.9 Å². The number of hydrogen-bond donors (Lipinski definition) is 2. The van der Waals surface area contributed by atoms with Crippen LogP contribution in [0.3, 0.4) is 0 Å². The lowest BCUT2D eigenvalue weighted by Crippen LogP contribution is -2.35. The molecule has 0 aliphatic rings. The predicted octanol–water partition coefficient (Wildman–Crippen LogP) is 6.68. The van der Waals surface area contributed by atoms with Crippen LogP contribution in [0.2, 0.25) is 0 Å². The van der Waals surface area contributed by atoms with Crippen LogP contribution in [0.15, 0.2) is 97.1 Å². The summed E-state index contributed by atoms with van der Waals surface area (Å²) >= 11 is 0. The first-order valence-electron chi connectivity index (χ1n) is 11.6. The van der Waals surface area contributed by atoms with Gasteiger partial charge in [0.2, 0.25) is 5.79 Å². The highest BCUT2D eigenvalue weighted by atomic mass is 17.1. The van der Waals surface area contributed by atoms with Crippen molar-refractivity contribution in [3.05, 3.63) is 114 Å². The van der Waals surface area contributed by atoms with Gasteiger partial charge in [0.05, 0.1) is 11.1 Å². The number of benzene rings is 4. The lowest BCUT2D eigenvalue weighted by atomic mass is 9.99. The maximum absolute atomic E-state index is 13.0. The molecule has 0 fully saturated rings. The van der Waals surface area contributed by atoms with Gasteiger partial charge in [-0.3, -0.25) is 5.26 Å². The largest absolute Gasteiger partial charge is 0.478 e. The molecule has 0 heterocycles. The maximum atomic E-state index is 13.0. The van der Waals surface area contributed by atoms with Gasteiger partial charge in [-0.15, -0.1) is 0 Å². The molecule has 37 heavy (non-hydrogen) atoms. The van der Waals surface area contributed by atoms with Crippen LogP contribution in [-0.4, -0.2) is 28.1 Å². The minimum atomic E-state index is -1.47. The highest BCUT2D eigenvalue weighted by Crippen LogP contribution is 2.31. The molecule has 7 heteroatoms. The van der Waals surface area contributed by atoms with E-state index in [1.807, 2.05) is 72.8 Å². The van der Waals surface area contributed by atoms with Crippen molar-refractivity contribution in [3.8, 4) is 28.0 Å². The maximum Gasteiger partial charge on any atom is 0.342 e. The van der Waals surface area contributed by atoms with Crippen LogP contribution in [0.25, 0.3) is 22.3 Å². The standard InChI is InChI=1S/C30H26O7/c1-30(2,36-27-16-14-22(17-24(27)19-35-34)20-9-5-3-6-10-20)37-29(33)25-15-13-23(18-26(25)28(31)32)21-11-7-4-8-12-21/h3-18,34H,19H2,1-2H3,(H,31,32). The Labute approximate surface area is 214 Å². The Hall–Kier alpha value is -4.46. The Bertz CT molecular complexity index is 1400. The molecule has 2 N–H and O–H groups in total. The molecule has 0 atom stereocenters. The first-order chi connectivity index (χ1) is 17.8. The monoisotopic (exact) mass is 498 g/mol. The first-order valence-corrected chi connectivity index (χ1v) is 11.6. The molecule has 0 saturated heterocycles. The number of carboxylic acids is 1. The molecule has 0 aliphatic carbocycles. The minimum absolute atomic E-state index is 0.0952. The second-order valence-corrected chi connectivity index (χ2v) is 8.78. The van der Waals surface area contributed by atoms with E-state index in [1.165, 1.54) is 12.1 Å². The van der Waals surface area contributed by atoms with Crippen molar-refractivity contribution in [2.45, 2.75) is 26.2 Å². The molecule has 0 amide bonds. The SMILES string of the molecule is CC(C)(OC(=O)c1ccc(-c2ccccc2)cc1C(=O)O)Oc1ccc(-c2ccccc2)cc1COO. The van der Waals surface area contributed by atoms with E-state index < -0.39 is 17.7 Å². The molecule has 0 aromatic heterocycles. The van der Waals surface area contributed by atoms with Crippen molar-refractivity contribution in [3.63, 3.8) is 0 Å². The Morgan fingerprint density at radius 3 is 1.86 bits per heavy atom. The van der Waals surface area contributed by atoms with Crippen molar-refractivity contribution in [1.82, 2.24) is 0 Å². The molecule has 0 unspecified atom stereocenters. The zero-order chi connectivity index (χ0) is 26.4. The van der Waals surface area contributed by atoms with Gasteiger partial charge < -0.3 is 14.6 Å². The molecule has 0 saturated carbocycles. The summed E-state index contributed by atoms with van der Waals surface area (Å²) in [4.78, 5) is 29.4. The third kappa shape index (κ3) is 6.22. The predicted molar refractivity (Wildman–Crippen MR) is 138 cm³/mol. The average molecular weight is 499 g/mol. The van der Waals surface area contributed by atoms with Crippen molar-refractivity contribution < 1.29 is 34.3 Å². The topological polar surface area (TPSA) is 102 Å². The molecule has 4 aromatic carbocycles. The fourth-order valence-corrected chi connectivity index (χ4v) is 3.94. The lowest BCUT2D eigenvalue weighted by molar-refractivity contribution is -0.253. The molecule has 7 nitrogen and oxygen atoms in total. The van der Waals surface area contributed by atoms with Crippen LogP contribution in [-0.2, 0) is 16.2 Å². The van der Waals surface area contributed by atoms with Crippen LogP contribution in [0.5, 0.6) is 5.75 Å². The molecule has 0 radical (unpaired) electrons. The van der Waals surface area contributed by atoms with Crippen LogP contribution >= 0.6 is 0 Å². The molecule has 0 spiro atoms. The number of rotatable bonds is 9. The summed E-state index contributed by atoms with van der Waals surface area (Å²) in [6, 6.07) is 28.8. The minimum Gasteiger partial charge on any atom is -0.478 e. The van der Waals surface area contributed by atoms with E-state index in [1.54, 1.807) is 26.0 Å². The second kappa shape index (κ2) is 11.1. The van der Waals surface area contributed by atoms with E-state index in [0.29, 0.717) is 16.9 Å². The first kappa shape index (κ1) is 25.6. The van der Waals surface area contributed by atoms with Gasteiger partial charge in [0.15, 0.2) is 0 Å². The van der Waals surface area contributed by atoms with E-state index in [4.69, 9.17) is 14.7 Å². The summed E-state index contributed by atoms with van der Waals surface area (Å²) < 4.78 is 11.6. The average Bonchev–Trinajstić information content (AvgIpc) is 2.90. The summed E-state index contributed by atoms with van der Waals surface area (Å²) in [6.45, 7) is 2.93. The highest BCUT2D eigenvalue weighted by Gasteiger charge is 2.29. The van der Waals surface area contributed by atoms with Crippen molar-refractivity contribution in [1.29, 1.82) is 0 Å². The van der Waals surface area contributed by atoms with E-state index in [2.05, 4.69) is 4.89 Å². The number of esters is 1. The second-order valence-electron chi connectivity index (χ2n) is 8.78. The van der Waals surface area contributed by atoms with E-state index >= 15 is 0 Å². The molecular weight excluding hydrogens is 472 g/mol. The normalized spacial score (nSPS) is 11.1. The van der Waals surface area contributed by atoms with E-state index in [-0.39, 0.29) is 17.7 Å². The fourth-order valence-electron chi connectivity index (χ4n) is 3.94. The van der Waals surface area contributed by atoms with Crippen LogP contribution < -0.4 is 4.74 Å². The summed E-state index contributed by atoms with van der Waals surface area (Å²) in [7, 11) is 0. The summed E-state index contributed by atoms with van der Waals surface area (Å²) in [5.41, 5.74) is 3.61. The van der Waals surface area contributed by atoms with Crippen LogP contribution in [0, 0.1) is 0 Å². The highest BCUT2D eigenvalue weighted by molar-refractivity contribution is 6.03. The zero-order valence-electron chi connectivity index (χ0n) is 20.4. The molecule has 0 aliphatic heterocycles. The van der Waals surface area contributed by atoms with Gasteiger partial charge in [-0.2, -0.15) is 0 Å². The lowest BCUT2D eigenvalue weighted by Gasteiger charge is -2.28. The number of ether oxygens (including phenoxy) is 2. The van der Waals surface area contributed by atoms with Gasteiger partial charge in [0, 0.05) is 19.4 Å². The number of carboxylic acid groups (broad SMARTS) is 1. The number of carbonyl (C=O) groups is 2. The van der Waals surface area contributed by atoms with Crippen LogP contribution in [0.4, 0.5) is 0 Å². The van der Waals surface area contributed by atoms with Gasteiger partial charge >= 0.3 is 11.9 Å². The Balaban J connectivity index is 1.57. The van der Waals surface area contributed by atoms with Crippen molar-refractivity contribution in [2.24, 2.45) is 0 Å². The van der Waals surface area contributed by atoms with Gasteiger partial charge in [-0.1, -0.05) is 72.8 Å². The quantitative estimate of drug-likeness (QED) is 0.115. The van der Waals surface area contributed by atoms with Gasteiger partial charge in [0.25, 0.3) is 0 Å². The smallest absolute Gasteiger partial charge is 0.342 e. The summed E-state index contributed by atoms with van der Waals surface area (Å²) in [5, 5.41) is 18.8. The van der Waals surface area contributed by atoms with E-state index in [9.17, 15) is 14.7 Å². The molecular formula is C30H26O7. The number of carbonyl (C=O) groups excluding carboxylic acids is 1. The molecule has 4 rings (SSSR count). The molecule has 4 aromatic rings. The third-order valence-corrected chi connectivity index (χ3v) is 5.66. The van der Waals surface area contributed by atoms with Gasteiger partial charge in [-0.25, -0.2) is 14.5 Å². The fraction of sp³-hybridized carbons (Fsp3) is 0.133. The summed E-state index contributed by atoms with van der Waals surface area (Å²) in [6.07, 6.45) is 0.